The SMILES string of the molecule is COc1ccc(-c2n[nH]c(C)c2CC(=O)N[C@H](CO)Cc2ccccc2)cc1. The minimum absolute atomic E-state index is 0.115. The highest BCUT2D eigenvalue weighted by molar-refractivity contribution is 5.82. The van der Waals surface area contributed by atoms with E-state index in [0.717, 1.165) is 33.8 Å². The first-order chi connectivity index (χ1) is 13.6. The minimum Gasteiger partial charge on any atom is -0.497 e. The number of carbonyl (C=O) groups excluding carboxylic acids is 1. The van der Waals surface area contributed by atoms with Crippen LogP contribution >= 0.6 is 0 Å². The predicted octanol–water partition coefficient (Wildman–Crippen LogP) is 2.66. The standard InChI is InChI=1S/C22H25N3O3/c1-15-20(22(25-24-15)17-8-10-19(28-2)11-9-17)13-21(27)23-18(14-26)12-16-6-4-3-5-7-16/h3-11,18,26H,12-14H2,1-2H3,(H,23,27)(H,24,25)/t18-/m0/s1. The number of carbonyl (C=O) groups is 1. The van der Waals surface area contributed by atoms with E-state index in [9.17, 15) is 9.90 Å². The Bertz CT molecular complexity index is 905. The number of ether oxygens (including phenoxy) is 1. The molecule has 0 saturated heterocycles. The Balaban J connectivity index is 1.70. The lowest BCUT2D eigenvalue weighted by atomic mass is 10.0. The van der Waals surface area contributed by atoms with Crippen molar-refractivity contribution in [2.75, 3.05) is 13.7 Å². The van der Waals surface area contributed by atoms with Crippen LogP contribution in [0.5, 0.6) is 5.75 Å². The quantitative estimate of drug-likeness (QED) is 0.562. The second-order valence-corrected chi connectivity index (χ2v) is 6.72. The molecule has 0 fully saturated rings. The molecule has 0 aliphatic carbocycles. The van der Waals surface area contributed by atoms with Crippen LogP contribution < -0.4 is 10.1 Å². The second-order valence-electron chi connectivity index (χ2n) is 6.72. The van der Waals surface area contributed by atoms with Gasteiger partial charge in [0.25, 0.3) is 0 Å². The Morgan fingerprint density at radius 3 is 2.54 bits per heavy atom. The van der Waals surface area contributed by atoms with Gasteiger partial charge in [-0.15, -0.1) is 0 Å². The maximum atomic E-state index is 12.6. The molecule has 0 aliphatic rings. The molecule has 2 aromatic carbocycles. The average Bonchev–Trinajstić information content (AvgIpc) is 3.08. The van der Waals surface area contributed by atoms with E-state index >= 15 is 0 Å². The van der Waals surface area contributed by atoms with Crippen molar-refractivity contribution >= 4 is 5.91 Å². The van der Waals surface area contributed by atoms with Crippen molar-refractivity contribution in [1.82, 2.24) is 15.5 Å². The zero-order chi connectivity index (χ0) is 19.9. The Morgan fingerprint density at radius 2 is 1.89 bits per heavy atom. The number of hydrogen-bond donors (Lipinski definition) is 3. The number of benzene rings is 2. The summed E-state index contributed by atoms with van der Waals surface area (Å²) in [5.74, 6) is 0.622. The predicted molar refractivity (Wildman–Crippen MR) is 108 cm³/mol. The van der Waals surface area contributed by atoms with Gasteiger partial charge in [0.2, 0.25) is 5.91 Å². The van der Waals surface area contributed by atoms with Crippen LogP contribution in [-0.2, 0) is 17.6 Å². The molecule has 0 saturated carbocycles. The molecule has 0 bridgehead atoms. The smallest absolute Gasteiger partial charge is 0.224 e. The molecule has 1 amide bonds. The number of aliphatic hydroxyl groups excluding tert-OH is 1. The molecular weight excluding hydrogens is 354 g/mol. The fourth-order valence-electron chi connectivity index (χ4n) is 3.16. The first-order valence-corrected chi connectivity index (χ1v) is 9.23. The van der Waals surface area contributed by atoms with Crippen molar-refractivity contribution < 1.29 is 14.6 Å². The Hall–Kier alpha value is -3.12. The summed E-state index contributed by atoms with van der Waals surface area (Å²) in [6.45, 7) is 1.78. The van der Waals surface area contributed by atoms with Crippen LogP contribution in [0.25, 0.3) is 11.3 Å². The average molecular weight is 379 g/mol. The fraction of sp³-hybridized carbons (Fsp3) is 0.273. The van der Waals surface area contributed by atoms with Gasteiger partial charge < -0.3 is 15.2 Å². The zero-order valence-corrected chi connectivity index (χ0v) is 16.1. The Morgan fingerprint density at radius 1 is 1.18 bits per heavy atom. The summed E-state index contributed by atoms with van der Waals surface area (Å²) in [5, 5.41) is 19.9. The Labute approximate surface area is 164 Å². The largest absolute Gasteiger partial charge is 0.497 e. The third-order valence-electron chi connectivity index (χ3n) is 4.69. The van der Waals surface area contributed by atoms with E-state index in [4.69, 9.17) is 4.74 Å². The van der Waals surface area contributed by atoms with Crippen molar-refractivity contribution in [1.29, 1.82) is 0 Å². The van der Waals surface area contributed by atoms with Crippen LogP contribution in [0.2, 0.25) is 0 Å². The first kappa shape index (κ1) is 19.6. The van der Waals surface area contributed by atoms with E-state index in [0.29, 0.717) is 6.42 Å². The fourth-order valence-corrected chi connectivity index (χ4v) is 3.16. The maximum Gasteiger partial charge on any atom is 0.224 e. The molecule has 0 aliphatic heterocycles. The molecule has 146 valence electrons. The number of methoxy groups -OCH3 is 1. The number of aromatic nitrogens is 2. The van der Waals surface area contributed by atoms with Gasteiger partial charge in [0.05, 0.1) is 31.9 Å². The van der Waals surface area contributed by atoms with Crippen LogP contribution in [0, 0.1) is 6.92 Å². The van der Waals surface area contributed by atoms with Gasteiger partial charge in [-0.05, 0) is 43.2 Å². The monoisotopic (exact) mass is 379 g/mol. The van der Waals surface area contributed by atoms with Gasteiger partial charge in [0, 0.05) is 16.8 Å². The van der Waals surface area contributed by atoms with E-state index in [1.54, 1.807) is 7.11 Å². The first-order valence-electron chi connectivity index (χ1n) is 9.23. The maximum absolute atomic E-state index is 12.6. The van der Waals surface area contributed by atoms with Crippen LogP contribution in [0.15, 0.2) is 54.6 Å². The van der Waals surface area contributed by atoms with Crippen molar-refractivity contribution in [3.63, 3.8) is 0 Å². The molecule has 1 heterocycles. The molecule has 0 radical (unpaired) electrons. The lowest BCUT2D eigenvalue weighted by molar-refractivity contribution is -0.121. The number of aromatic amines is 1. The molecule has 28 heavy (non-hydrogen) atoms. The molecule has 0 spiro atoms. The number of aryl methyl sites for hydroxylation is 1. The number of aliphatic hydroxyl groups is 1. The van der Waals surface area contributed by atoms with E-state index < -0.39 is 0 Å². The summed E-state index contributed by atoms with van der Waals surface area (Å²) < 4.78 is 5.19. The molecule has 3 aromatic rings. The van der Waals surface area contributed by atoms with E-state index in [2.05, 4.69) is 15.5 Å². The molecule has 3 N–H and O–H groups in total. The summed E-state index contributed by atoms with van der Waals surface area (Å²) in [7, 11) is 1.62. The third kappa shape index (κ3) is 4.78. The number of amides is 1. The van der Waals surface area contributed by atoms with Gasteiger partial charge in [-0.3, -0.25) is 9.89 Å². The number of H-pyrrole nitrogens is 1. The van der Waals surface area contributed by atoms with Crippen LogP contribution in [0.4, 0.5) is 0 Å². The third-order valence-corrected chi connectivity index (χ3v) is 4.69. The van der Waals surface area contributed by atoms with E-state index in [1.165, 1.54) is 0 Å². The van der Waals surface area contributed by atoms with Gasteiger partial charge in [-0.2, -0.15) is 5.10 Å². The summed E-state index contributed by atoms with van der Waals surface area (Å²) in [6, 6.07) is 17.0. The number of rotatable bonds is 8. The highest BCUT2D eigenvalue weighted by atomic mass is 16.5. The molecule has 1 aromatic heterocycles. The van der Waals surface area contributed by atoms with Crippen molar-refractivity contribution in [3.8, 4) is 17.0 Å². The molecule has 6 heteroatoms. The number of hydrogen-bond acceptors (Lipinski definition) is 4. The summed E-state index contributed by atoms with van der Waals surface area (Å²) in [5.41, 5.74) is 4.43. The van der Waals surface area contributed by atoms with Crippen molar-refractivity contribution in [3.05, 3.63) is 71.4 Å². The highest BCUT2D eigenvalue weighted by Gasteiger charge is 2.18. The molecule has 6 nitrogen and oxygen atoms in total. The van der Waals surface area contributed by atoms with Crippen LogP contribution in [0.3, 0.4) is 0 Å². The van der Waals surface area contributed by atoms with Gasteiger partial charge in [-0.25, -0.2) is 0 Å². The molecule has 1 atom stereocenters. The van der Waals surface area contributed by atoms with Gasteiger partial charge in [0.15, 0.2) is 0 Å². The van der Waals surface area contributed by atoms with E-state index in [-0.39, 0.29) is 25.0 Å². The van der Waals surface area contributed by atoms with E-state index in [1.807, 2.05) is 61.5 Å². The lowest BCUT2D eigenvalue weighted by Crippen LogP contribution is -2.40. The van der Waals surface area contributed by atoms with Gasteiger partial charge >= 0.3 is 0 Å². The second kappa shape index (κ2) is 9.19. The Kier molecular flexibility index (Phi) is 6.45. The topological polar surface area (TPSA) is 87.2 Å². The highest BCUT2D eigenvalue weighted by Crippen LogP contribution is 2.26. The number of nitrogens with one attached hydrogen (secondary N) is 2. The molecule has 0 unspecified atom stereocenters. The molecular formula is C22H25N3O3. The number of nitrogens with zero attached hydrogens (tertiary/aromatic N) is 1. The summed E-state index contributed by atoms with van der Waals surface area (Å²) >= 11 is 0. The van der Waals surface area contributed by atoms with Crippen LogP contribution in [0.1, 0.15) is 16.8 Å². The minimum atomic E-state index is -0.327. The van der Waals surface area contributed by atoms with Gasteiger partial charge in [0.1, 0.15) is 5.75 Å². The van der Waals surface area contributed by atoms with Crippen molar-refractivity contribution in [2.45, 2.75) is 25.8 Å². The molecule has 3 rings (SSSR count). The lowest BCUT2D eigenvalue weighted by Gasteiger charge is -2.16. The normalized spacial score (nSPS) is 11.8. The van der Waals surface area contributed by atoms with Crippen LogP contribution in [-0.4, -0.2) is 41.0 Å². The van der Waals surface area contributed by atoms with Gasteiger partial charge in [-0.1, -0.05) is 30.3 Å². The van der Waals surface area contributed by atoms with Crippen molar-refractivity contribution in [2.24, 2.45) is 0 Å². The zero-order valence-electron chi connectivity index (χ0n) is 16.1. The summed E-state index contributed by atoms with van der Waals surface area (Å²) in [6.07, 6.45) is 0.772. The summed E-state index contributed by atoms with van der Waals surface area (Å²) in [4.78, 5) is 12.6.